The third kappa shape index (κ3) is 3.40. The minimum Gasteiger partial charge on any atom is -0.296 e. The fraction of sp³-hybridized carbons (Fsp3) is 0.136. The largest absolute Gasteiger partial charge is 0.416 e. The molecule has 0 bridgehead atoms. The predicted octanol–water partition coefficient (Wildman–Crippen LogP) is 5.17. The fourth-order valence-electron chi connectivity index (χ4n) is 3.70. The van der Waals surface area contributed by atoms with Gasteiger partial charge in [-0.2, -0.15) is 13.2 Å². The third-order valence-corrected chi connectivity index (χ3v) is 6.10. The Labute approximate surface area is 178 Å². The molecular formula is C22H15F3N4OS. The van der Waals surface area contributed by atoms with Gasteiger partial charge in [0.2, 0.25) is 0 Å². The number of pyridine rings is 1. The summed E-state index contributed by atoms with van der Waals surface area (Å²) in [6.45, 7) is 2.19. The van der Waals surface area contributed by atoms with Crippen molar-refractivity contribution in [3.05, 3.63) is 87.5 Å². The van der Waals surface area contributed by atoms with Crippen molar-refractivity contribution < 1.29 is 13.2 Å². The second-order valence-electron chi connectivity index (χ2n) is 7.16. The molecule has 3 heterocycles. The van der Waals surface area contributed by atoms with Gasteiger partial charge in [0.15, 0.2) is 0 Å². The Bertz CT molecular complexity index is 1480. The van der Waals surface area contributed by atoms with E-state index in [0.29, 0.717) is 10.2 Å². The Hall–Kier alpha value is -3.46. The topological polar surface area (TPSA) is 52.7 Å². The van der Waals surface area contributed by atoms with Gasteiger partial charge >= 0.3 is 11.0 Å². The lowest BCUT2D eigenvalue weighted by molar-refractivity contribution is -0.137. The van der Waals surface area contributed by atoms with Gasteiger partial charge < -0.3 is 0 Å². The lowest BCUT2D eigenvalue weighted by atomic mass is 10.2. The first kappa shape index (κ1) is 19.5. The van der Waals surface area contributed by atoms with Crippen LogP contribution in [0.3, 0.4) is 0 Å². The number of benzene rings is 2. The molecule has 0 radical (unpaired) electrons. The van der Waals surface area contributed by atoms with Gasteiger partial charge in [0, 0.05) is 11.9 Å². The predicted molar refractivity (Wildman–Crippen MR) is 114 cm³/mol. The standard InChI is InChI=1S/C22H15F3N4OS/c1-13-27-17-11-26-9-8-18(17)29(13)16-5-2-14(3-6-16)12-28-19-7-4-15(22(23,24)25)10-20(19)31-21(28)30/h2-11H,12H2,1H3. The summed E-state index contributed by atoms with van der Waals surface area (Å²) in [4.78, 5) is 20.8. The normalized spacial score (nSPS) is 12.1. The summed E-state index contributed by atoms with van der Waals surface area (Å²) in [6.07, 6.45) is -1.01. The average Bonchev–Trinajstić information content (AvgIpc) is 3.23. The van der Waals surface area contributed by atoms with Gasteiger partial charge in [0.1, 0.15) is 11.3 Å². The highest BCUT2D eigenvalue weighted by molar-refractivity contribution is 7.16. The lowest BCUT2D eigenvalue weighted by Gasteiger charge is -2.10. The molecule has 3 aromatic heterocycles. The van der Waals surface area contributed by atoms with Crippen molar-refractivity contribution in [2.75, 3.05) is 0 Å². The first-order valence-corrected chi connectivity index (χ1v) is 10.2. The highest BCUT2D eigenvalue weighted by Crippen LogP contribution is 2.32. The van der Waals surface area contributed by atoms with Crippen LogP contribution in [0.2, 0.25) is 0 Å². The maximum Gasteiger partial charge on any atom is 0.416 e. The zero-order valence-electron chi connectivity index (χ0n) is 16.2. The maximum atomic E-state index is 13.0. The van der Waals surface area contributed by atoms with Crippen molar-refractivity contribution in [1.29, 1.82) is 0 Å². The first-order chi connectivity index (χ1) is 14.8. The van der Waals surface area contributed by atoms with Crippen LogP contribution < -0.4 is 4.87 Å². The minimum atomic E-state index is -4.44. The summed E-state index contributed by atoms with van der Waals surface area (Å²) in [7, 11) is 0. The SMILES string of the molecule is Cc1nc2cnccc2n1-c1ccc(Cn2c(=O)sc3cc(C(F)(F)F)ccc32)cc1. The number of hydrogen-bond acceptors (Lipinski definition) is 4. The number of hydrogen-bond donors (Lipinski definition) is 0. The quantitative estimate of drug-likeness (QED) is 0.389. The van der Waals surface area contributed by atoms with Crippen LogP contribution in [0.4, 0.5) is 13.2 Å². The lowest BCUT2D eigenvalue weighted by Crippen LogP contribution is -2.13. The second-order valence-corrected chi connectivity index (χ2v) is 8.15. The molecule has 0 fully saturated rings. The molecule has 5 aromatic rings. The smallest absolute Gasteiger partial charge is 0.296 e. The molecule has 0 saturated carbocycles. The van der Waals surface area contributed by atoms with Crippen LogP contribution in [0, 0.1) is 6.92 Å². The van der Waals surface area contributed by atoms with Crippen molar-refractivity contribution >= 4 is 32.6 Å². The van der Waals surface area contributed by atoms with Crippen LogP contribution >= 0.6 is 11.3 Å². The molecule has 5 rings (SSSR count). The first-order valence-electron chi connectivity index (χ1n) is 9.40. The van der Waals surface area contributed by atoms with Gasteiger partial charge in [0.05, 0.1) is 34.0 Å². The van der Waals surface area contributed by atoms with E-state index in [4.69, 9.17) is 0 Å². The van der Waals surface area contributed by atoms with E-state index in [9.17, 15) is 18.0 Å². The summed E-state index contributed by atoms with van der Waals surface area (Å²) >= 11 is 0.822. The Balaban J connectivity index is 1.49. The number of alkyl halides is 3. The molecule has 5 nitrogen and oxygen atoms in total. The van der Waals surface area contributed by atoms with Crippen molar-refractivity contribution in [1.82, 2.24) is 19.1 Å². The van der Waals surface area contributed by atoms with Gasteiger partial charge in [-0.1, -0.05) is 23.5 Å². The Morgan fingerprint density at radius 2 is 1.81 bits per heavy atom. The van der Waals surface area contributed by atoms with E-state index in [0.717, 1.165) is 51.6 Å². The van der Waals surface area contributed by atoms with Crippen LogP contribution in [0.5, 0.6) is 0 Å². The second kappa shape index (κ2) is 7.05. The van der Waals surface area contributed by atoms with Crippen LogP contribution in [-0.2, 0) is 12.7 Å². The molecule has 0 unspecified atom stereocenters. The minimum absolute atomic E-state index is 0.276. The van der Waals surface area contributed by atoms with E-state index in [1.807, 2.05) is 41.8 Å². The number of thiazole rings is 1. The summed E-state index contributed by atoms with van der Waals surface area (Å²) in [5.74, 6) is 0.830. The molecule has 2 aromatic carbocycles. The van der Waals surface area contributed by atoms with Gasteiger partial charge in [0.25, 0.3) is 0 Å². The van der Waals surface area contributed by atoms with Gasteiger partial charge in [-0.05, 0) is 48.9 Å². The van der Waals surface area contributed by atoms with Crippen molar-refractivity contribution in [2.45, 2.75) is 19.6 Å². The average molecular weight is 440 g/mol. The van der Waals surface area contributed by atoms with Crippen molar-refractivity contribution in [3.63, 3.8) is 0 Å². The number of aryl methyl sites for hydroxylation is 1. The monoisotopic (exact) mass is 440 g/mol. The number of imidazole rings is 1. The van der Waals surface area contributed by atoms with Crippen LogP contribution in [0.15, 0.2) is 65.7 Å². The summed E-state index contributed by atoms with van der Waals surface area (Å²) in [6, 6.07) is 13.0. The van der Waals surface area contributed by atoms with Crippen molar-refractivity contribution in [2.24, 2.45) is 0 Å². The van der Waals surface area contributed by atoms with E-state index in [-0.39, 0.29) is 11.4 Å². The Kier molecular flexibility index (Phi) is 4.44. The molecule has 0 N–H and O–H groups in total. The summed E-state index contributed by atoms with van der Waals surface area (Å²) in [5, 5.41) is 0. The third-order valence-electron chi connectivity index (χ3n) is 5.16. The molecule has 9 heteroatoms. The fourth-order valence-corrected chi connectivity index (χ4v) is 4.63. The highest BCUT2D eigenvalue weighted by atomic mass is 32.1. The van der Waals surface area contributed by atoms with Gasteiger partial charge in [-0.25, -0.2) is 4.98 Å². The van der Waals surface area contributed by atoms with E-state index < -0.39 is 11.7 Å². The summed E-state index contributed by atoms with van der Waals surface area (Å²) < 4.78 is 42.7. The molecular weight excluding hydrogens is 425 g/mol. The Morgan fingerprint density at radius 1 is 1.03 bits per heavy atom. The molecule has 0 saturated heterocycles. The number of rotatable bonds is 3. The van der Waals surface area contributed by atoms with Gasteiger partial charge in [-0.15, -0.1) is 0 Å². The molecule has 0 amide bonds. The number of nitrogens with zero attached hydrogens (tertiary/aromatic N) is 4. The van der Waals surface area contributed by atoms with E-state index in [1.54, 1.807) is 12.4 Å². The van der Waals surface area contributed by atoms with Crippen LogP contribution in [0.1, 0.15) is 17.0 Å². The van der Waals surface area contributed by atoms with Gasteiger partial charge in [-0.3, -0.25) is 18.9 Å². The van der Waals surface area contributed by atoms with Crippen LogP contribution in [-0.4, -0.2) is 19.1 Å². The highest BCUT2D eigenvalue weighted by Gasteiger charge is 2.31. The zero-order chi connectivity index (χ0) is 21.8. The number of halogens is 3. The van der Waals surface area contributed by atoms with Crippen LogP contribution in [0.25, 0.3) is 26.9 Å². The Morgan fingerprint density at radius 3 is 2.55 bits per heavy atom. The zero-order valence-corrected chi connectivity index (χ0v) is 17.0. The molecule has 31 heavy (non-hydrogen) atoms. The van der Waals surface area contributed by atoms with E-state index >= 15 is 0 Å². The van der Waals surface area contributed by atoms with E-state index in [1.165, 1.54) is 10.6 Å². The molecule has 0 aliphatic heterocycles. The molecule has 0 aliphatic rings. The molecule has 0 atom stereocenters. The number of fused-ring (bicyclic) bond motifs is 2. The summed E-state index contributed by atoms with van der Waals surface area (Å²) in [5.41, 5.74) is 3.28. The molecule has 0 spiro atoms. The molecule has 156 valence electrons. The van der Waals surface area contributed by atoms with E-state index in [2.05, 4.69) is 9.97 Å². The maximum absolute atomic E-state index is 13.0. The molecule has 0 aliphatic carbocycles. The van der Waals surface area contributed by atoms with Crippen molar-refractivity contribution in [3.8, 4) is 5.69 Å². The number of aromatic nitrogens is 4.